The predicted molar refractivity (Wildman–Crippen MR) is 88.1 cm³/mol. The van der Waals surface area contributed by atoms with Crippen LogP contribution in [-0.2, 0) is 16.9 Å². The Hall–Kier alpha value is -1.77. The third-order valence-corrected chi connectivity index (χ3v) is 6.20. The highest BCUT2D eigenvalue weighted by molar-refractivity contribution is 7.90. The van der Waals surface area contributed by atoms with E-state index in [1.54, 1.807) is 41.9 Å². The van der Waals surface area contributed by atoms with E-state index in [4.69, 9.17) is 0 Å². The van der Waals surface area contributed by atoms with E-state index >= 15 is 0 Å². The molecule has 5 nitrogen and oxygen atoms in total. The number of carbonyl (C=O) groups is 1. The van der Waals surface area contributed by atoms with E-state index in [9.17, 15) is 13.2 Å². The molecule has 0 aliphatic heterocycles. The van der Waals surface area contributed by atoms with Gasteiger partial charge in [0.1, 0.15) is 0 Å². The average molecular weight is 352 g/mol. The van der Waals surface area contributed by atoms with Crippen LogP contribution in [0.3, 0.4) is 0 Å². The van der Waals surface area contributed by atoms with Gasteiger partial charge in [0.15, 0.2) is 14.6 Å². The summed E-state index contributed by atoms with van der Waals surface area (Å²) in [4.78, 5) is 17.6. The maximum absolute atomic E-state index is 12.1. The number of benzene rings is 1. The van der Waals surface area contributed by atoms with Gasteiger partial charge in [0.25, 0.3) is 5.91 Å². The minimum absolute atomic E-state index is 0.262. The number of thiophene rings is 1. The lowest BCUT2D eigenvalue weighted by molar-refractivity contribution is 0.100. The second-order valence-electron chi connectivity index (χ2n) is 4.74. The summed E-state index contributed by atoms with van der Waals surface area (Å²) in [7, 11) is -1.45. The fourth-order valence-corrected chi connectivity index (χ4v) is 4.38. The lowest BCUT2D eigenvalue weighted by atomic mass is 10.3. The molecular weight excluding hydrogens is 340 g/mol. The number of aryl methyl sites for hydroxylation is 1. The van der Waals surface area contributed by atoms with E-state index in [1.807, 2.05) is 5.38 Å². The minimum Gasteiger partial charge on any atom is -0.319 e. The zero-order chi connectivity index (χ0) is 15.9. The van der Waals surface area contributed by atoms with Crippen molar-refractivity contribution in [3.8, 4) is 0 Å². The third kappa shape index (κ3) is 2.77. The van der Waals surface area contributed by atoms with Crippen LogP contribution >= 0.6 is 22.7 Å². The average Bonchev–Trinajstić information content (AvgIpc) is 3.07. The molecule has 0 spiro atoms. The molecule has 3 rings (SSSR count). The molecule has 0 unspecified atom stereocenters. The predicted octanol–water partition coefficient (Wildman–Crippen LogP) is 2.45. The van der Waals surface area contributed by atoms with Gasteiger partial charge in [-0.3, -0.25) is 4.79 Å². The molecule has 1 amide bonds. The lowest BCUT2D eigenvalue weighted by Crippen LogP contribution is -2.12. The first-order chi connectivity index (χ1) is 10.4. The first-order valence-corrected chi connectivity index (χ1v) is 9.87. The first-order valence-electron chi connectivity index (χ1n) is 6.28. The second-order valence-corrected chi connectivity index (χ2v) is 8.71. The van der Waals surface area contributed by atoms with Crippen molar-refractivity contribution in [2.75, 3.05) is 6.26 Å². The Morgan fingerprint density at radius 3 is 2.68 bits per heavy atom. The fraction of sp³-hybridized carbons (Fsp3) is 0.143. The number of nitrogens with zero attached hydrogens (tertiary/aromatic N) is 2. The molecule has 8 heteroatoms. The van der Waals surface area contributed by atoms with Gasteiger partial charge < -0.3 is 4.57 Å². The van der Waals surface area contributed by atoms with Crippen LogP contribution in [0.1, 0.15) is 9.67 Å². The summed E-state index contributed by atoms with van der Waals surface area (Å²) in [5.74, 6) is -0.291. The van der Waals surface area contributed by atoms with Crippen LogP contribution < -0.4 is 4.80 Å². The standard InChI is InChI=1S/C14H12N2O3S3/c1-16-10-6-5-9(22(2,18)19)8-12(10)21-14(16)15-13(17)11-4-3-7-20-11/h3-8H,1-2H3. The van der Waals surface area contributed by atoms with Crippen LogP contribution in [0.4, 0.5) is 0 Å². The number of hydrogen-bond acceptors (Lipinski definition) is 5. The van der Waals surface area contributed by atoms with Crippen LogP contribution in [0.2, 0.25) is 0 Å². The summed E-state index contributed by atoms with van der Waals surface area (Å²) < 4.78 is 25.8. The Morgan fingerprint density at radius 1 is 1.27 bits per heavy atom. The highest BCUT2D eigenvalue weighted by Gasteiger charge is 2.11. The summed E-state index contributed by atoms with van der Waals surface area (Å²) in [6, 6.07) is 8.44. The van der Waals surface area contributed by atoms with Crippen molar-refractivity contribution in [2.45, 2.75) is 4.90 Å². The van der Waals surface area contributed by atoms with Crippen LogP contribution in [0.5, 0.6) is 0 Å². The van der Waals surface area contributed by atoms with Gasteiger partial charge >= 0.3 is 0 Å². The van der Waals surface area contributed by atoms with E-state index in [1.165, 1.54) is 28.9 Å². The largest absolute Gasteiger partial charge is 0.319 e. The zero-order valence-corrected chi connectivity index (χ0v) is 14.3. The molecule has 1 aromatic carbocycles. The highest BCUT2D eigenvalue weighted by Crippen LogP contribution is 2.21. The highest BCUT2D eigenvalue weighted by atomic mass is 32.2. The molecular formula is C14H12N2O3S3. The van der Waals surface area contributed by atoms with E-state index in [0.29, 0.717) is 9.68 Å². The molecule has 22 heavy (non-hydrogen) atoms. The smallest absolute Gasteiger partial charge is 0.289 e. The van der Waals surface area contributed by atoms with Crippen molar-refractivity contribution in [2.24, 2.45) is 12.0 Å². The first kappa shape index (κ1) is 15.1. The number of hydrogen-bond donors (Lipinski definition) is 0. The van der Waals surface area contributed by atoms with Gasteiger partial charge in [-0.25, -0.2) is 8.42 Å². The van der Waals surface area contributed by atoms with Gasteiger partial charge in [0, 0.05) is 13.3 Å². The summed E-state index contributed by atoms with van der Waals surface area (Å²) in [6.07, 6.45) is 1.17. The topological polar surface area (TPSA) is 68.5 Å². The third-order valence-electron chi connectivity index (χ3n) is 3.14. The number of amides is 1. The van der Waals surface area contributed by atoms with E-state index in [0.717, 1.165) is 10.2 Å². The molecule has 114 valence electrons. The van der Waals surface area contributed by atoms with Crippen molar-refractivity contribution in [1.82, 2.24) is 4.57 Å². The number of fused-ring (bicyclic) bond motifs is 1. The van der Waals surface area contributed by atoms with Crippen molar-refractivity contribution in [3.63, 3.8) is 0 Å². The van der Waals surface area contributed by atoms with Crippen molar-refractivity contribution >= 4 is 48.6 Å². The van der Waals surface area contributed by atoms with Crippen molar-refractivity contribution in [3.05, 3.63) is 45.4 Å². The quantitative estimate of drug-likeness (QED) is 0.711. The van der Waals surface area contributed by atoms with Gasteiger partial charge in [-0.05, 0) is 29.6 Å². The van der Waals surface area contributed by atoms with Crippen molar-refractivity contribution in [1.29, 1.82) is 0 Å². The van der Waals surface area contributed by atoms with Crippen LogP contribution in [0, 0.1) is 0 Å². The number of aromatic nitrogens is 1. The molecule has 0 atom stereocenters. The summed E-state index contributed by atoms with van der Waals surface area (Å²) in [6.45, 7) is 0. The molecule has 3 aromatic rings. The molecule has 0 aliphatic carbocycles. The Labute approximate surface area is 135 Å². The molecule has 0 radical (unpaired) electrons. The molecule has 0 N–H and O–H groups in total. The summed E-state index contributed by atoms with van der Waals surface area (Å²) in [5, 5.41) is 1.83. The summed E-state index contributed by atoms with van der Waals surface area (Å²) >= 11 is 2.64. The van der Waals surface area contributed by atoms with E-state index in [2.05, 4.69) is 4.99 Å². The normalized spacial score (nSPS) is 12.9. The SMILES string of the molecule is Cn1c(=NC(=O)c2cccs2)sc2cc(S(C)(=O)=O)ccc21. The van der Waals surface area contributed by atoms with Gasteiger partial charge in [-0.15, -0.1) is 11.3 Å². The molecule has 0 bridgehead atoms. The number of thiazole rings is 1. The number of sulfone groups is 1. The molecule has 2 heterocycles. The Kier molecular flexibility index (Phi) is 3.75. The van der Waals surface area contributed by atoms with Crippen LogP contribution in [0.25, 0.3) is 10.2 Å². The Bertz CT molecular complexity index is 1030. The van der Waals surface area contributed by atoms with Crippen molar-refractivity contribution < 1.29 is 13.2 Å². The molecule has 0 saturated heterocycles. The Balaban J connectivity index is 2.16. The number of rotatable bonds is 2. The van der Waals surface area contributed by atoms with Gasteiger partial charge in [0.2, 0.25) is 0 Å². The maximum Gasteiger partial charge on any atom is 0.289 e. The molecule has 0 aliphatic rings. The molecule has 0 saturated carbocycles. The Morgan fingerprint density at radius 2 is 2.05 bits per heavy atom. The monoisotopic (exact) mass is 352 g/mol. The van der Waals surface area contributed by atoms with Gasteiger partial charge in [-0.2, -0.15) is 4.99 Å². The maximum atomic E-state index is 12.1. The lowest BCUT2D eigenvalue weighted by Gasteiger charge is -1.99. The molecule has 2 aromatic heterocycles. The second kappa shape index (κ2) is 5.45. The zero-order valence-electron chi connectivity index (χ0n) is 11.8. The van der Waals surface area contributed by atoms with Gasteiger partial charge in [-0.1, -0.05) is 17.4 Å². The minimum atomic E-state index is -3.25. The van der Waals surface area contributed by atoms with E-state index < -0.39 is 9.84 Å². The van der Waals surface area contributed by atoms with Gasteiger partial charge in [0.05, 0.1) is 20.0 Å². The number of carbonyl (C=O) groups excluding carboxylic acids is 1. The van der Waals surface area contributed by atoms with Crippen LogP contribution in [-0.4, -0.2) is 25.1 Å². The van der Waals surface area contributed by atoms with Crippen LogP contribution in [0.15, 0.2) is 45.6 Å². The molecule has 0 fully saturated rings. The fourth-order valence-electron chi connectivity index (χ4n) is 1.99. The van der Waals surface area contributed by atoms with E-state index in [-0.39, 0.29) is 10.8 Å². The summed E-state index contributed by atoms with van der Waals surface area (Å²) in [5.41, 5.74) is 0.843.